The Kier molecular flexibility index (Phi) is 10.4. The summed E-state index contributed by atoms with van der Waals surface area (Å²) in [5.41, 5.74) is 0. The number of aliphatic hydroxyl groups excluding tert-OH is 7. The van der Waals surface area contributed by atoms with Crippen LogP contribution in [0.15, 0.2) is 0 Å². The van der Waals surface area contributed by atoms with Crippen molar-refractivity contribution in [2.45, 2.75) is 68.6 Å². The summed E-state index contributed by atoms with van der Waals surface area (Å²) in [5.74, 6) is 0. The van der Waals surface area contributed by atoms with Crippen LogP contribution in [0.4, 0.5) is 0 Å². The molecule has 1 fully saturated rings. The third-order valence-electron chi connectivity index (χ3n) is 4.11. The van der Waals surface area contributed by atoms with Crippen LogP contribution < -0.4 is 5.32 Å². The van der Waals surface area contributed by atoms with Gasteiger partial charge in [0.05, 0.1) is 31.5 Å². The lowest BCUT2D eigenvalue weighted by molar-refractivity contribution is -0.303. The molecule has 0 spiro atoms. The smallest absolute Gasteiger partial charge is 0.186 e. The van der Waals surface area contributed by atoms with Crippen LogP contribution in [0.1, 0.15) is 13.3 Å². The topological polar surface area (TPSA) is 181 Å². The van der Waals surface area contributed by atoms with Gasteiger partial charge in [-0.05, 0) is 6.42 Å². The van der Waals surface area contributed by atoms with E-state index in [4.69, 9.17) is 31.3 Å². The standard InChI is InChI=1S/C15H29NO10/c1-3-9(19)11(20)8(16-6-25-7(2)18)5-24-15-14(23)13(22)12(21)10(4-17)26-15/h2,7-23H,3-6H2,1H3/t7?,8?,9?,10?,11?,12-,13?,14?,15+/m0/s1. The van der Waals surface area contributed by atoms with Crippen molar-refractivity contribution in [1.82, 2.24) is 5.32 Å². The van der Waals surface area contributed by atoms with Gasteiger partial charge in [-0.1, -0.05) is 6.92 Å². The highest BCUT2D eigenvalue weighted by atomic mass is 16.7. The number of hydrogen-bond acceptors (Lipinski definition) is 11. The zero-order chi connectivity index (χ0) is 19.9. The van der Waals surface area contributed by atoms with Crippen LogP contribution in [0.25, 0.3) is 0 Å². The number of aliphatic hydroxyl groups is 7. The van der Waals surface area contributed by atoms with Crippen molar-refractivity contribution < 1.29 is 50.0 Å². The van der Waals surface area contributed by atoms with Gasteiger partial charge in [0.1, 0.15) is 31.1 Å². The molecule has 9 atom stereocenters. The minimum Gasteiger partial charge on any atom is -0.394 e. The van der Waals surface area contributed by atoms with E-state index in [1.165, 1.54) is 0 Å². The highest BCUT2D eigenvalue weighted by Gasteiger charge is 2.44. The minimum atomic E-state index is -1.60. The Hall–Kier alpha value is -0.440. The fraction of sp³-hybridized carbons (Fsp3) is 0.933. The largest absolute Gasteiger partial charge is 0.394 e. The molecule has 0 amide bonds. The molecule has 7 unspecified atom stereocenters. The highest BCUT2D eigenvalue weighted by Crippen LogP contribution is 2.22. The summed E-state index contributed by atoms with van der Waals surface area (Å²) in [6.45, 7) is 5.51. The Morgan fingerprint density at radius 3 is 2.31 bits per heavy atom. The lowest BCUT2D eigenvalue weighted by atomic mass is 9.99. The Labute approximate surface area is 151 Å². The van der Waals surface area contributed by atoms with E-state index in [0.29, 0.717) is 0 Å². The monoisotopic (exact) mass is 383 g/mol. The molecule has 0 aromatic rings. The number of nitrogens with one attached hydrogen (secondary N) is 1. The third kappa shape index (κ3) is 6.62. The maximum atomic E-state index is 10.2. The van der Waals surface area contributed by atoms with E-state index < -0.39 is 61.9 Å². The first-order valence-corrected chi connectivity index (χ1v) is 8.29. The zero-order valence-electron chi connectivity index (χ0n) is 14.5. The van der Waals surface area contributed by atoms with Crippen molar-refractivity contribution in [2.75, 3.05) is 19.9 Å². The maximum Gasteiger partial charge on any atom is 0.186 e. The Bertz CT molecular complexity index is 385. The van der Waals surface area contributed by atoms with Gasteiger partial charge in [0.25, 0.3) is 0 Å². The average molecular weight is 383 g/mol. The second-order valence-electron chi connectivity index (χ2n) is 6.01. The molecule has 26 heavy (non-hydrogen) atoms. The van der Waals surface area contributed by atoms with E-state index >= 15 is 0 Å². The SMILES string of the molecule is [CH]C(O)OCNC(CO[C@@H]1OC(CO)[C@H](O)C(O)C1O)C(O)C(O)CC. The quantitative estimate of drug-likeness (QED) is 0.162. The van der Waals surface area contributed by atoms with Crippen molar-refractivity contribution in [3.8, 4) is 0 Å². The molecule has 154 valence electrons. The van der Waals surface area contributed by atoms with Crippen LogP contribution >= 0.6 is 0 Å². The zero-order valence-corrected chi connectivity index (χ0v) is 14.5. The first-order valence-electron chi connectivity index (χ1n) is 8.29. The van der Waals surface area contributed by atoms with Gasteiger partial charge in [0.2, 0.25) is 0 Å². The van der Waals surface area contributed by atoms with Gasteiger partial charge >= 0.3 is 0 Å². The van der Waals surface area contributed by atoms with Gasteiger partial charge in [0.15, 0.2) is 12.6 Å². The Morgan fingerprint density at radius 1 is 1.12 bits per heavy atom. The normalized spacial score (nSPS) is 34.3. The Balaban J connectivity index is 2.68. The fourth-order valence-electron chi connectivity index (χ4n) is 2.43. The lowest BCUT2D eigenvalue weighted by Crippen LogP contribution is -2.60. The van der Waals surface area contributed by atoms with Crippen molar-refractivity contribution in [3.63, 3.8) is 0 Å². The Morgan fingerprint density at radius 2 is 1.77 bits per heavy atom. The summed E-state index contributed by atoms with van der Waals surface area (Å²) in [7, 11) is 0. The molecule has 0 aromatic heterocycles. The predicted molar refractivity (Wildman–Crippen MR) is 85.2 cm³/mol. The molecule has 11 nitrogen and oxygen atoms in total. The van der Waals surface area contributed by atoms with Crippen LogP contribution in [0, 0.1) is 6.92 Å². The van der Waals surface area contributed by atoms with Gasteiger partial charge in [-0.15, -0.1) is 0 Å². The highest BCUT2D eigenvalue weighted by molar-refractivity contribution is 4.89. The summed E-state index contributed by atoms with van der Waals surface area (Å²) in [6, 6.07) is -0.906. The second-order valence-corrected chi connectivity index (χ2v) is 6.01. The molecule has 1 heterocycles. The molecule has 1 aliphatic rings. The molecule has 0 saturated carbocycles. The summed E-state index contributed by atoms with van der Waals surface area (Å²) < 4.78 is 15.2. The predicted octanol–water partition coefficient (Wildman–Crippen LogP) is -4.10. The van der Waals surface area contributed by atoms with Crippen LogP contribution in [-0.2, 0) is 14.2 Å². The maximum absolute atomic E-state index is 10.2. The third-order valence-corrected chi connectivity index (χ3v) is 4.11. The molecule has 0 bridgehead atoms. The molecular formula is C15H29NO10. The summed E-state index contributed by atoms with van der Waals surface area (Å²) >= 11 is 0. The molecule has 1 rings (SSSR count). The van der Waals surface area contributed by atoms with E-state index in [0.717, 1.165) is 0 Å². The van der Waals surface area contributed by atoms with Crippen LogP contribution in [0.2, 0.25) is 0 Å². The molecule has 1 saturated heterocycles. The van der Waals surface area contributed by atoms with Gasteiger partial charge in [-0.2, -0.15) is 0 Å². The van der Waals surface area contributed by atoms with Gasteiger partial charge in [0, 0.05) is 6.92 Å². The van der Waals surface area contributed by atoms with Crippen LogP contribution in [0.3, 0.4) is 0 Å². The average Bonchev–Trinajstić information content (AvgIpc) is 2.62. The van der Waals surface area contributed by atoms with E-state index in [1.54, 1.807) is 6.92 Å². The molecule has 11 heteroatoms. The molecular weight excluding hydrogens is 354 g/mol. The summed E-state index contributed by atoms with van der Waals surface area (Å²) in [6.07, 6.45) is -10.9. The molecule has 0 aromatic carbocycles. The first kappa shape index (κ1) is 23.6. The molecule has 0 aliphatic carbocycles. The second kappa shape index (κ2) is 11.4. The van der Waals surface area contributed by atoms with Gasteiger partial charge in [-0.3, -0.25) is 5.32 Å². The number of rotatable bonds is 11. The van der Waals surface area contributed by atoms with E-state index in [9.17, 15) is 25.5 Å². The fourth-order valence-corrected chi connectivity index (χ4v) is 2.43. The van der Waals surface area contributed by atoms with Gasteiger partial charge < -0.3 is 50.0 Å². The van der Waals surface area contributed by atoms with E-state index in [-0.39, 0.29) is 19.8 Å². The van der Waals surface area contributed by atoms with Crippen molar-refractivity contribution >= 4 is 0 Å². The molecule has 2 radical (unpaired) electrons. The molecule has 8 N–H and O–H groups in total. The lowest BCUT2D eigenvalue weighted by Gasteiger charge is -2.40. The minimum absolute atomic E-state index is 0.250. The summed E-state index contributed by atoms with van der Waals surface area (Å²) in [5, 5.41) is 70.1. The van der Waals surface area contributed by atoms with Crippen molar-refractivity contribution in [1.29, 1.82) is 0 Å². The molecule has 1 aliphatic heterocycles. The van der Waals surface area contributed by atoms with Crippen molar-refractivity contribution in [3.05, 3.63) is 6.92 Å². The number of ether oxygens (including phenoxy) is 3. The summed E-state index contributed by atoms with van der Waals surface area (Å²) in [4.78, 5) is 0. The first-order chi connectivity index (χ1) is 12.2. The van der Waals surface area contributed by atoms with Crippen molar-refractivity contribution in [2.24, 2.45) is 0 Å². The van der Waals surface area contributed by atoms with E-state index in [2.05, 4.69) is 5.32 Å². The van der Waals surface area contributed by atoms with Gasteiger partial charge in [-0.25, -0.2) is 0 Å². The van der Waals surface area contributed by atoms with Crippen LogP contribution in [-0.4, -0.2) is 111 Å². The van der Waals surface area contributed by atoms with E-state index in [1.807, 2.05) is 0 Å². The number of hydrogen-bond donors (Lipinski definition) is 8. The van der Waals surface area contributed by atoms with Crippen LogP contribution in [0.5, 0.6) is 0 Å².